The average molecular weight is 939 g/mol. The highest BCUT2D eigenvalue weighted by Gasteiger charge is 2.71. The van der Waals surface area contributed by atoms with E-state index in [9.17, 15) is 50.4 Å². The van der Waals surface area contributed by atoms with Gasteiger partial charge in [-0.2, -0.15) is 0 Å². The van der Waals surface area contributed by atoms with Crippen molar-refractivity contribution in [3.8, 4) is 40.1 Å². The Morgan fingerprint density at radius 1 is 1.03 bits per heavy atom. The molecule has 9 atom stereocenters. The van der Waals surface area contributed by atoms with E-state index in [-0.39, 0.29) is 47.8 Å². The van der Waals surface area contributed by atoms with Crippen LogP contribution in [-0.4, -0.2) is 120 Å². The highest BCUT2D eigenvalue weighted by atomic mass is 16.7. The first-order chi connectivity index (χ1) is 32.6. The maximum atomic E-state index is 13.9. The SMILES string of the molecule is NC1=CC(CC2=CC3(O)C(Oc4cc5oc(-c6ccc(OC(CO)C(O)c7ccc(N)[nH]7)cc6)cc(=O)c5c(O)c4OCc4cccc(O)c4)OC(C(=O)O)C(O)(C2C2CNCN2)C3O)=CCN1. The van der Waals surface area contributed by atoms with Crippen LogP contribution in [0, 0.1) is 5.92 Å². The van der Waals surface area contributed by atoms with Crippen molar-refractivity contribution < 1.29 is 69.0 Å². The number of allylic oxidation sites excluding steroid dienone is 2. The number of dihydropyridines is 1. The van der Waals surface area contributed by atoms with E-state index in [4.69, 9.17) is 34.8 Å². The largest absolute Gasteiger partial charge is 0.508 e. The lowest BCUT2D eigenvalue weighted by Crippen LogP contribution is -2.79. The molecule has 3 aromatic carbocycles. The molecule has 5 aromatic rings. The van der Waals surface area contributed by atoms with E-state index in [2.05, 4.69) is 20.9 Å². The van der Waals surface area contributed by atoms with Gasteiger partial charge in [0.15, 0.2) is 34.7 Å². The number of rotatable bonds is 15. The number of nitrogens with two attached hydrogens (primary N) is 2. The molecule has 9 rings (SSSR count). The zero-order valence-electron chi connectivity index (χ0n) is 36.0. The van der Waals surface area contributed by atoms with Crippen molar-refractivity contribution in [1.82, 2.24) is 20.9 Å². The van der Waals surface area contributed by atoms with Gasteiger partial charge in [-0.3, -0.25) is 10.1 Å². The van der Waals surface area contributed by atoms with Crippen molar-refractivity contribution in [3.05, 3.63) is 129 Å². The molecule has 358 valence electrons. The molecular formula is C47H50N6O15. The number of aromatic amines is 1. The standard InChI is InChI=1S/C47H50N6O15/c48-35-9-8-28(53-35)39(57)34(19-54)65-27-6-4-24(5-7-27)31-15-30(56)37-32(66-31)16-33(41(40(37)58)64-20-23-2-1-3-26(55)13-23)67-45-46(62)17-25(12-22-10-11-51-36(49)14-22)38(29-18-50-21-52-29)47(63,44(46)61)42(68-45)43(59)60/h1-10,13-17,29,34,38-39,42,44-45,50-55,57-58,61-63H,11-12,18-21,48-49H2,(H,59,60). The molecule has 1 aliphatic carbocycles. The second-order valence-electron chi connectivity index (χ2n) is 17.1. The molecule has 4 aliphatic rings. The molecule has 0 amide bonds. The lowest BCUT2D eigenvalue weighted by Gasteiger charge is -2.58. The molecule has 0 spiro atoms. The summed E-state index contributed by atoms with van der Waals surface area (Å²) in [6, 6.07) is 16.8. The molecule has 2 bridgehead atoms. The fraction of sp³-hybridized carbons (Fsp3) is 0.319. The second-order valence-corrected chi connectivity index (χ2v) is 17.1. The van der Waals surface area contributed by atoms with Gasteiger partial charge in [-0.1, -0.05) is 23.8 Å². The number of benzene rings is 3. The van der Waals surface area contributed by atoms with Gasteiger partial charge in [-0.15, -0.1) is 0 Å². The van der Waals surface area contributed by atoms with E-state index >= 15 is 0 Å². The number of aliphatic carboxylic acids is 1. The number of nitrogen functional groups attached to an aromatic ring is 1. The molecule has 68 heavy (non-hydrogen) atoms. The quantitative estimate of drug-likeness (QED) is 0.0640. The van der Waals surface area contributed by atoms with E-state index in [1.807, 2.05) is 6.08 Å². The second kappa shape index (κ2) is 18.2. The summed E-state index contributed by atoms with van der Waals surface area (Å²) in [6.45, 7) is 0.0791. The fourth-order valence-electron chi connectivity index (χ4n) is 9.40. The Hall–Kier alpha value is -7.08. The molecule has 0 radical (unpaired) electrons. The summed E-state index contributed by atoms with van der Waals surface area (Å²) in [7, 11) is 0. The summed E-state index contributed by atoms with van der Waals surface area (Å²) in [5.41, 5.74) is 7.58. The topological polar surface area (TPSA) is 350 Å². The third-order valence-electron chi connectivity index (χ3n) is 12.6. The summed E-state index contributed by atoms with van der Waals surface area (Å²) in [5.74, 6) is -3.72. The Morgan fingerprint density at radius 2 is 1.82 bits per heavy atom. The van der Waals surface area contributed by atoms with Gasteiger partial charge in [0.2, 0.25) is 12.0 Å². The van der Waals surface area contributed by atoms with Crippen LogP contribution in [0.1, 0.15) is 23.8 Å². The summed E-state index contributed by atoms with van der Waals surface area (Å²) in [6.07, 6.45) is -4.10. The number of carboxylic acids is 1. The Balaban J connectivity index is 1.11. The van der Waals surface area contributed by atoms with Crippen LogP contribution in [0.15, 0.2) is 117 Å². The van der Waals surface area contributed by atoms with Crippen molar-refractivity contribution in [3.63, 3.8) is 0 Å². The molecule has 3 aliphatic heterocycles. The van der Waals surface area contributed by atoms with Gasteiger partial charge in [0.25, 0.3) is 0 Å². The molecule has 16 N–H and O–H groups in total. The minimum atomic E-state index is -2.68. The first kappa shape index (κ1) is 46.0. The number of aliphatic hydroxyl groups is 5. The maximum absolute atomic E-state index is 13.9. The first-order valence-corrected chi connectivity index (χ1v) is 21.6. The van der Waals surface area contributed by atoms with Crippen molar-refractivity contribution in [2.45, 2.75) is 61.0 Å². The number of ether oxygens (including phenoxy) is 4. The number of aliphatic hydroxyl groups excluding tert-OH is 3. The van der Waals surface area contributed by atoms with Gasteiger partial charge in [-0.05, 0) is 78.2 Å². The molecule has 9 unspecified atom stereocenters. The zero-order chi connectivity index (χ0) is 48.1. The molecule has 21 nitrogen and oxygen atoms in total. The van der Waals surface area contributed by atoms with E-state index < -0.39 is 89.1 Å². The Labute approximate surface area is 386 Å². The summed E-state index contributed by atoms with van der Waals surface area (Å²) < 4.78 is 30.4. The average Bonchev–Trinajstić information content (AvgIpc) is 4.00. The third-order valence-corrected chi connectivity index (χ3v) is 12.6. The maximum Gasteiger partial charge on any atom is 0.336 e. The lowest BCUT2D eigenvalue weighted by molar-refractivity contribution is -0.344. The van der Waals surface area contributed by atoms with Crippen LogP contribution in [0.2, 0.25) is 0 Å². The molecule has 21 heteroatoms. The highest BCUT2D eigenvalue weighted by molar-refractivity contribution is 5.89. The number of carbonyl (C=O) groups is 1. The normalized spacial score (nSPS) is 26.5. The number of anilines is 1. The van der Waals surface area contributed by atoms with Crippen LogP contribution in [0.3, 0.4) is 0 Å². The smallest absolute Gasteiger partial charge is 0.336 e. The van der Waals surface area contributed by atoms with Crippen molar-refractivity contribution in [1.29, 1.82) is 0 Å². The fourth-order valence-corrected chi connectivity index (χ4v) is 9.40. The van der Waals surface area contributed by atoms with Crippen LogP contribution in [0.25, 0.3) is 22.3 Å². The van der Waals surface area contributed by atoms with Crippen LogP contribution in [0.5, 0.6) is 28.7 Å². The van der Waals surface area contributed by atoms with Gasteiger partial charge in [0, 0.05) is 55.1 Å². The van der Waals surface area contributed by atoms with E-state index in [1.54, 1.807) is 30.3 Å². The van der Waals surface area contributed by atoms with Crippen LogP contribution >= 0.6 is 0 Å². The lowest BCUT2D eigenvalue weighted by atomic mass is 9.59. The number of fused-ring (bicyclic) bond motifs is 3. The number of nitrogens with one attached hydrogen (secondary N) is 4. The number of hydrogen-bond acceptors (Lipinski definition) is 19. The number of carboxylic acid groups (broad SMARTS) is 1. The van der Waals surface area contributed by atoms with Gasteiger partial charge in [0.1, 0.15) is 58.5 Å². The Bertz CT molecular complexity index is 2870. The number of aromatic nitrogens is 1. The van der Waals surface area contributed by atoms with Crippen molar-refractivity contribution in [2.75, 3.05) is 32.1 Å². The molecule has 5 heterocycles. The number of phenolic OH excluding ortho intramolecular Hbond substituents is 2. The van der Waals surface area contributed by atoms with Crippen molar-refractivity contribution >= 4 is 22.8 Å². The zero-order valence-corrected chi connectivity index (χ0v) is 36.0. The van der Waals surface area contributed by atoms with E-state index in [1.165, 1.54) is 42.5 Å². The van der Waals surface area contributed by atoms with Crippen molar-refractivity contribution in [2.24, 2.45) is 11.7 Å². The summed E-state index contributed by atoms with van der Waals surface area (Å²) in [5, 5.41) is 99.7. The van der Waals surface area contributed by atoms with Crippen LogP contribution in [0.4, 0.5) is 5.82 Å². The van der Waals surface area contributed by atoms with Crippen LogP contribution < -0.4 is 47.1 Å². The number of hydrogen-bond donors (Lipinski definition) is 14. The number of aromatic hydroxyl groups is 2. The monoisotopic (exact) mass is 938 g/mol. The van der Waals surface area contributed by atoms with Gasteiger partial charge >= 0.3 is 5.97 Å². The Morgan fingerprint density at radius 3 is 2.50 bits per heavy atom. The van der Waals surface area contributed by atoms with E-state index in [0.29, 0.717) is 52.8 Å². The van der Waals surface area contributed by atoms with Gasteiger partial charge in [-0.25, -0.2) is 4.79 Å². The number of phenols is 2. The molecule has 2 aromatic heterocycles. The predicted octanol–water partition coefficient (Wildman–Crippen LogP) is 0.640. The van der Waals surface area contributed by atoms with Gasteiger partial charge < -0.3 is 91.3 Å². The van der Waals surface area contributed by atoms with Crippen LogP contribution in [-0.2, 0) is 16.1 Å². The molecular weight excluding hydrogens is 889 g/mol. The third kappa shape index (κ3) is 8.45. The molecule has 2 fully saturated rings. The summed E-state index contributed by atoms with van der Waals surface area (Å²) in [4.78, 5) is 29.9. The molecule has 0 saturated carbocycles. The Kier molecular flexibility index (Phi) is 12.3. The minimum Gasteiger partial charge on any atom is -0.508 e. The van der Waals surface area contributed by atoms with E-state index in [0.717, 1.165) is 12.1 Å². The highest BCUT2D eigenvalue weighted by Crippen LogP contribution is 2.53. The van der Waals surface area contributed by atoms with Gasteiger partial charge in [0.05, 0.1) is 12.4 Å². The number of H-pyrrole nitrogens is 1. The predicted molar refractivity (Wildman–Crippen MR) is 241 cm³/mol. The first-order valence-electron chi connectivity index (χ1n) is 21.6. The summed E-state index contributed by atoms with van der Waals surface area (Å²) >= 11 is 0. The molecule has 2 saturated heterocycles. The minimum absolute atomic E-state index is 0.00443.